The van der Waals surface area contributed by atoms with Crippen LogP contribution in [-0.2, 0) is 4.74 Å². The summed E-state index contributed by atoms with van der Waals surface area (Å²) in [5, 5.41) is 3.57. The van der Waals surface area contributed by atoms with Crippen LogP contribution in [0.5, 0.6) is 0 Å². The Balaban J connectivity index is 1.56. The Kier molecular flexibility index (Phi) is 5.13. The van der Waals surface area contributed by atoms with Gasteiger partial charge in [0.05, 0.1) is 18.8 Å². The third-order valence-electron chi connectivity index (χ3n) is 4.99. The van der Waals surface area contributed by atoms with Crippen LogP contribution in [0.4, 0.5) is 5.82 Å². The van der Waals surface area contributed by atoms with Gasteiger partial charge in [-0.15, -0.1) is 0 Å². The number of anilines is 1. The van der Waals surface area contributed by atoms with Gasteiger partial charge in [-0.2, -0.15) is 0 Å². The lowest BCUT2D eigenvalue weighted by atomic mass is 10.0. The van der Waals surface area contributed by atoms with Crippen LogP contribution < -0.4 is 10.2 Å². The molecule has 0 unspecified atom stereocenters. The summed E-state index contributed by atoms with van der Waals surface area (Å²) in [6, 6.07) is 14.4. The average molecular weight is 352 g/mol. The molecule has 0 aliphatic carbocycles. The van der Waals surface area contributed by atoms with E-state index in [1.54, 1.807) is 6.20 Å². The number of carbonyl (C=O) groups excluding carboxylic acids is 1. The summed E-state index contributed by atoms with van der Waals surface area (Å²) in [4.78, 5) is 21.7. The van der Waals surface area contributed by atoms with Crippen molar-refractivity contribution in [1.82, 2.24) is 15.2 Å². The van der Waals surface area contributed by atoms with E-state index in [1.165, 1.54) is 5.56 Å². The van der Waals surface area contributed by atoms with Gasteiger partial charge in [-0.3, -0.25) is 4.79 Å². The summed E-state index contributed by atoms with van der Waals surface area (Å²) in [6.07, 6.45) is 1.77. The first-order chi connectivity index (χ1) is 12.8. The van der Waals surface area contributed by atoms with Crippen molar-refractivity contribution in [1.29, 1.82) is 0 Å². The van der Waals surface area contributed by atoms with Crippen LogP contribution in [-0.4, -0.2) is 61.7 Å². The van der Waals surface area contributed by atoms with Crippen molar-refractivity contribution >= 4 is 11.7 Å². The third kappa shape index (κ3) is 3.57. The van der Waals surface area contributed by atoms with Crippen molar-refractivity contribution in [3.63, 3.8) is 0 Å². The van der Waals surface area contributed by atoms with Gasteiger partial charge in [-0.25, -0.2) is 4.98 Å². The number of hydrogen-bond donors (Lipinski definition) is 1. The number of aromatic nitrogens is 1. The molecule has 1 amide bonds. The van der Waals surface area contributed by atoms with Gasteiger partial charge in [0.15, 0.2) is 0 Å². The molecule has 136 valence electrons. The maximum Gasteiger partial charge on any atom is 0.257 e. The molecular formula is C20H24N4O2. The minimum Gasteiger partial charge on any atom is -0.378 e. The highest BCUT2D eigenvalue weighted by Crippen LogP contribution is 2.25. The van der Waals surface area contributed by atoms with Crippen LogP contribution in [0.3, 0.4) is 0 Å². The third-order valence-corrected chi connectivity index (χ3v) is 4.99. The van der Waals surface area contributed by atoms with Gasteiger partial charge in [-0.05, 0) is 17.7 Å². The quantitative estimate of drug-likeness (QED) is 0.911. The van der Waals surface area contributed by atoms with Gasteiger partial charge >= 0.3 is 0 Å². The fourth-order valence-electron chi connectivity index (χ4n) is 3.60. The molecule has 2 fully saturated rings. The lowest BCUT2D eigenvalue weighted by Crippen LogP contribution is -2.47. The first kappa shape index (κ1) is 17.0. The SMILES string of the molecule is O=C(c1cccnc1N1CCN[C@H](c2ccccc2)C1)N1CCOCC1. The maximum atomic E-state index is 13.0. The molecule has 26 heavy (non-hydrogen) atoms. The Labute approximate surface area is 153 Å². The number of nitrogens with one attached hydrogen (secondary N) is 1. The van der Waals surface area contributed by atoms with Crippen LogP contribution in [0.15, 0.2) is 48.7 Å². The predicted molar refractivity (Wildman–Crippen MR) is 100 cm³/mol. The molecule has 2 aliphatic rings. The number of rotatable bonds is 3. The molecule has 6 heteroatoms. The summed E-state index contributed by atoms with van der Waals surface area (Å²) in [5.74, 6) is 0.831. The smallest absolute Gasteiger partial charge is 0.257 e. The second-order valence-corrected chi connectivity index (χ2v) is 6.64. The number of morpholine rings is 1. The molecule has 0 bridgehead atoms. The molecule has 1 N–H and O–H groups in total. The van der Waals surface area contributed by atoms with Gasteiger partial charge in [0.1, 0.15) is 5.82 Å². The van der Waals surface area contributed by atoms with Gasteiger partial charge in [-0.1, -0.05) is 30.3 Å². The molecule has 6 nitrogen and oxygen atoms in total. The standard InChI is InChI=1S/C20H24N4O2/c25-20(23-11-13-26-14-12-23)17-7-4-8-22-19(17)24-10-9-21-18(15-24)16-5-2-1-3-6-16/h1-8,18,21H,9-15H2/t18-/m0/s1. The Morgan fingerprint density at radius 1 is 1.08 bits per heavy atom. The second kappa shape index (κ2) is 7.85. The average Bonchev–Trinajstić information content (AvgIpc) is 2.74. The van der Waals surface area contributed by atoms with Crippen LogP contribution in [0, 0.1) is 0 Å². The van der Waals surface area contributed by atoms with E-state index >= 15 is 0 Å². The largest absolute Gasteiger partial charge is 0.378 e. The van der Waals surface area contributed by atoms with Crippen molar-refractivity contribution in [3.8, 4) is 0 Å². The Morgan fingerprint density at radius 3 is 2.69 bits per heavy atom. The number of ether oxygens (including phenoxy) is 1. The molecular weight excluding hydrogens is 328 g/mol. The topological polar surface area (TPSA) is 57.7 Å². The molecule has 2 aromatic rings. The van der Waals surface area contributed by atoms with E-state index in [-0.39, 0.29) is 11.9 Å². The van der Waals surface area contributed by atoms with E-state index < -0.39 is 0 Å². The van der Waals surface area contributed by atoms with E-state index in [0.29, 0.717) is 31.9 Å². The van der Waals surface area contributed by atoms with Gasteiger partial charge in [0.2, 0.25) is 0 Å². The Bertz CT molecular complexity index is 746. The number of carbonyl (C=O) groups is 1. The number of hydrogen-bond acceptors (Lipinski definition) is 5. The summed E-state index contributed by atoms with van der Waals surface area (Å²) < 4.78 is 5.37. The first-order valence-electron chi connectivity index (χ1n) is 9.18. The van der Waals surface area contributed by atoms with Crippen molar-refractivity contribution in [2.45, 2.75) is 6.04 Å². The van der Waals surface area contributed by atoms with Crippen LogP contribution in [0.1, 0.15) is 22.0 Å². The molecule has 0 spiro atoms. The number of piperazine rings is 1. The number of nitrogens with zero attached hydrogens (tertiary/aromatic N) is 3. The van der Waals surface area contributed by atoms with E-state index in [9.17, 15) is 4.79 Å². The lowest BCUT2D eigenvalue weighted by molar-refractivity contribution is 0.0303. The zero-order valence-corrected chi connectivity index (χ0v) is 14.8. The molecule has 0 radical (unpaired) electrons. The number of benzene rings is 1. The van der Waals surface area contributed by atoms with Crippen molar-refractivity contribution < 1.29 is 9.53 Å². The van der Waals surface area contributed by atoms with Crippen LogP contribution in [0.25, 0.3) is 0 Å². The fraction of sp³-hybridized carbons (Fsp3) is 0.400. The molecule has 0 saturated carbocycles. The van der Waals surface area contributed by atoms with Gasteiger partial charge in [0.25, 0.3) is 5.91 Å². The molecule has 1 atom stereocenters. The maximum absolute atomic E-state index is 13.0. The van der Waals surface area contributed by atoms with Gasteiger partial charge in [0, 0.05) is 45.0 Å². The zero-order valence-electron chi connectivity index (χ0n) is 14.8. The summed E-state index contributed by atoms with van der Waals surface area (Å²) in [6.45, 7) is 4.98. The van der Waals surface area contributed by atoms with Gasteiger partial charge < -0.3 is 19.9 Å². The lowest BCUT2D eigenvalue weighted by Gasteiger charge is -2.36. The van der Waals surface area contributed by atoms with Crippen molar-refractivity contribution in [2.75, 3.05) is 50.8 Å². The highest BCUT2D eigenvalue weighted by atomic mass is 16.5. The minimum absolute atomic E-state index is 0.0474. The minimum atomic E-state index is 0.0474. The highest BCUT2D eigenvalue weighted by Gasteiger charge is 2.27. The first-order valence-corrected chi connectivity index (χ1v) is 9.18. The summed E-state index contributed by atoms with van der Waals surface area (Å²) in [7, 11) is 0. The molecule has 3 heterocycles. The van der Waals surface area contributed by atoms with E-state index in [1.807, 2.05) is 23.1 Å². The van der Waals surface area contributed by atoms with E-state index in [4.69, 9.17) is 4.74 Å². The summed E-state index contributed by atoms with van der Waals surface area (Å²) in [5.41, 5.74) is 1.94. The van der Waals surface area contributed by atoms with Crippen LogP contribution >= 0.6 is 0 Å². The second-order valence-electron chi connectivity index (χ2n) is 6.64. The Morgan fingerprint density at radius 2 is 1.88 bits per heavy atom. The van der Waals surface area contributed by atoms with Crippen molar-refractivity contribution in [3.05, 3.63) is 59.8 Å². The molecule has 4 rings (SSSR count). The molecule has 2 saturated heterocycles. The molecule has 2 aliphatic heterocycles. The highest BCUT2D eigenvalue weighted by molar-refractivity contribution is 5.99. The fourth-order valence-corrected chi connectivity index (χ4v) is 3.60. The van der Waals surface area contributed by atoms with E-state index in [2.05, 4.69) is 39.5 Å². The molecule has 1 aromatic heterocycles. The number of amides is 1. The predicted octanol–water partition coefficient (Wildman–Crippen LogP) is 1.70. The summed E-state index contributed by atoms with van der Waals surface area (Å²) >= 11 is 0. The van der Waals surface area contributed by atoms with Crippen LogP contribution in [0.2, 0.25) is 0 Å². The number of pyridine rings is 1. The van der Waals surface area contributed by atoms with E-state index in [0.717, 1.165) is 25.5 Å². The Hall–Kier alpha value is -2.44. The normalized spacial score (nSPS) is 20.8. The molecule has 1 aromatic carbocycles. The monoisotopic (exact) mass is 352 g/mol. The van der Waals surface area contributed by atoms with Crippen molar-refractivity contribution in [2.24, 2.45) is 0 Å². The zero-order chi connectivity index (χ0) is 17.8.